The van der Waals surface area contributed by atoms with Gasteiger partial charge in [-0.2, -0.15) is 0 Å². The molecule has 0 unspecified atom stereocenters. The zero-order valence-corrected chi connectivity index (χ0v) is 9.65. The summed E-state index contributed by atoms with van der Waals surface area (Å²) in [7, 11) is 0. The van der Waals surface area contributed by atoms with Crippen molar-refractivity contribution in [3.8, 4) is 0 Å². The number of halogens is 2. The summed E-state index contributed by atoms with van der Waals surface area (Å²) in [5.41, 5.74) is 0.0493. The van der Waals surface area contributed by atoms with E-state index in [1.165, 1.54) is 0 Å². The van der Waals surface area contributed by atoms with Gasteiger partial charge in [0.05, 0.1) is 0 Å². The molecule has 2 aliphatic carbocycles. The third-order valence-corrected chi connectivity index (χ3v) is 3.70. The van der Waals surface area contributed by atoms with Crippen LogP contribution in [-0.4, -0.2) is 19.0 Å². The van der Waals surface area contributed by atoms with Crippen molar-refractivity contribution in [1.82, 2.24) is 5.32 Å². The van der Waals surface area contributed by atoms with Gasteiger partial charge in [0, 0.05) is 12.8 Å². The zero-order chi connectivity index (χ0) is 11.1. The molecule has 15 heavy (non-hydrogen) atoms. The minimum atomic E-state index is -2.34. The van der Waals surface area contributed by atoms with Gasteiger partial charge in [0.2, 0.25) is 5.92 Å². The number of hydrogen-bond acceptors (Lipinski definition) is 1. The molecular formula is C12H21F2N. The molecule has 1 spiro atoms. The largest absolute Gasteiger partial charge is 0.316 e. The predicted octanol–water partition coefficient (Wildman–Crippen LogP) is 3.06. The average molecular weight is 217 g/mol. The summed E-state index contributed by atoms with van der Waals surface area (Å²) in [6, 6.07) is 0. The fraction of sp³-hybridized carbons (Fsp3) is 1.00. The van der Waals surface area contributed by atoms with Gasteiger partial charge in [-0.1, -0.05) is 13.8 Å². The molecule has 2 aliphatic rings. The molecule has 0 aromatic carbocycles. The van der Waals surface area contributed by atoms with E-state index in [0.717, 1.165) is 25.9 Å². The molecule has 0 aromatic rings. The summed E-state index contributed by atoms with van der Waals surface area (Å²) < 4.78 is 25.4. The SMILES string of the molecule is CC(C)CNCC1CC2(C1)CC(F)(F)C2. The van der Waals surface area contributed by atoms with E-state index in [-0.39, 0.29) is 18.3 Å². The first-order valence-corrected chi connectivity index (χ1v) is 5.99. The van der Waals surface area contributed by atoms with Gasteiger partial charge in [-0.3, -0.25) is 0 Å². The lowest BCUT2D eigenvalue weighted by Gasteiger charge is -2.57. The van der Waals surface area contributed by atoms with Crippen molar-refractivity contribution in [3.05, 3.63) is 0 Å². The van der Waals surface area contributed by atoms with Crippen molar-refractivity contribution in [1.29, 1.82) is 0 Å². The highest BCUT2D eigenvalue weighted by Gasteiger charge is 2.61. The van der Waals surface area contributed by atoms with Crippen LogP contribution in [0.1, 0.15) is 39.5 Å². The lowest BCUT2D eigenvalue weighted by atomic mass is 9.50. The van der Waals surface area contributed by atoms with Crippen LogP contribution in [0.2, 0.25) is 0 Å². The van der Waals surface area contributed by atoms with Crippen LogP contribution < -0.4 is 5.32 Å². The molecule has 0 bridgehead atoms. The van der Waals surface area contributed by atoms with Crippen molar-refractivity contribution in [3.63, 3.8) is 0 Å². The Kier molecular flexibility index (Phi) is 2.78. The number of rotatable bonds is 4. The molecule has 88 valence electrons. The zero-order valence-electron chi connectivity index (χ0n) is 9.65. The Bertz CT molecular complexity index is 222. The van der Waals surface area contributed by atoms with E-state index in [9.17, 15) is 8.78 Å². The second kappa shape index (κ2) is 3.69. The van der Waals surface area contributed by atoms with Crippen LogP contribution in [-0.2, 0) is 0 Å². The Balaban J connectivity index is 1.59. The van der Waals surface area contributed by atoms with E-state index in [0.29, 0.717) is 11.8 Å². The van der Waals surface area contributed by atoms with Crippen molar-refractivity contribution in [2.75, 3.05) is 13.1 Å². The monoisotopic (exact) mass is 217 g/mol. The fourth-order valence-corrected chi connectivity index (χ4v) is 3.22. The standard InChI is InChI=1S/C12H21F2N/c1-9(2)5-15-6-10-3-11(4-10)7-12(13,14)8-11/h9-10,15H,3-8H2,1-2H3. The highest BCUT2D eigenvalue weighted by atomic mass is 19.3. The van der Waals surface area contributed by atoms with Crippen LogP contribution in [0.25, 0.3) is 0 Å². The maximum Gasteiger partial charge on any atom is 0.249 e. The molecule has 2 fully saturated rings. The Morgan fingerprint density at radius 2 is 1.87 bits per heavy atom. The Morgan fingerprint density at radius 3 is 2.33 bits per heavy atom. The summed E-state index contributed by atoms with van der Waals surface area (Å²) in [5.74, 6) is -1.01. The van der Waals surface area contributed by atoms with Crippen LogP contribution in [0.4, 0.5) is 8.78 Å². The van der Waals surface area contributed by atoms with E-state index >= 15 is 0 Å². The van der Waals surface area contributed by atoms with Gasteiger partial charge < -0.3 is 5.32 Å². The smallest absolute Gasteiger partial charge is 0.249 e. The van der Waals surface area contributed by atoms with Crippen LogP contribution in [0, 0.1) is 17.3 Å². The Hall–Kier alpha value is -0.180. The molecule has 0 aromatic heterocycles. The number of hydrogen-bond donors (Lipinski definition) is 1. The topological polar surface area (TPSA) is 12.0 Å². The normalized spacial score (nSPS) is 27.8. The molecule has 3 heteroatoms. The molecule has 0 radical (unpaired) electrons. The van der Waals surface area contributed by atoms with Crippen molar-refractivity contribution in [2.24, 2.45) is 17.3 Å². The second-order valence-corrected chi connectivity index (χ2v) is 6.04. The van der Waals surface area contributed by atoms with Gasteiger partial charge in [0.15, 0.2) is 0 Å². The quantitative estimate of drug-likeness (QED) is 0.763. The van der Waals surface area contributed by atoms with E-state index in [2.05, 4.69) is 19.2 Å². The van der Waals surface area contributed by atoms with E-state index < -0.39 is 5.92 Å². The third-order valence-electron chi connectivity index (χ3n) is 3.70. The summed E-state index contributed by atoms with van der Waals surface area (Å²) in [6.45, 7) is 6.43. The highest BCUT2D eigenvalue weighted by Crippen LogP contribution is 2.64. The van der Waals surface area contributed by atoms with Gasteiger partial charge in [0.1, 0.15) is 0 Å². The van der Waals surface area contributed by atoms with E-state index in [4.69, 9.17) is 0 Å². The maximum absolute atomic E-state index is 12.7. The van der Waals surface area contributed by atoms with Gasteiger partial charge in [-0.15, -0.1) is 0 Å². The molecule has 2 saturated carbocycles. The molecule has 1 N–H and O–H groups in total. The molecule has 0 heterocycles. The van der Waals surface area contributed by atoms with Crippen molar-refractivity contribution < 1.29 is 8.78 Å². The van der Waals surface area contributed by atoms with E-state index in [1.807, 2.05) is 0 Å². The molecular weight excluding hydrogens is 196 g/mol. The van der Waals surface area contributed by atoms with Crippen LogP contribution in [0.5, 0.6) is 0 Å². The maximum atomic E-state index is 12.7. The number of nitrogens with one attached hydrogen (secondary N) is 1. The van der Waals surface area contributed by atoms with E-state index in [1.54, 1.807) is 0 Å². The van der Waals surface area contributed by atoms with Gasteiger partial charge >= 0.3 is 0 Å². The molecule has 0 aliphatic heterocycles. The fourth-order valence-electron chi connectivity index (χ4n) is 3.22. The lowest BCUT2D eigenvalue weighted by Crippen LogP contribution is -2.55. The van der Waals surface area contributed by atoms with Crippen LogP contribution >= 0.6 is 0 Å². The summed E-state index contributed by atoms with van der Waals surface area (Å²) in [4.78, 5) is 0. The molecule has 0 amide bonds. The minimum Gasteiger partial charge on any atom is -0.316 e. The summed E-state index contributed by atoms with van der Waals surface area (Å²) >= 11 is 0. The average Bonchev–Trinajstić information content (AvgIpc) is 1.96. The molecule has 0 atom stereocenters. The second-order valence-electron chi connectivity index (χ2n) is 6.04. The summed E-state index contributed by atoms with van der Waals surface area (Å²) in [5, 5.41) is 3.41. The lowest BCUT2D eigenvalue weighted by molar-refractivity contribution is -0.205. The molecule has 2 rings (SSSR count). The molecule has 1 nitrogen and oxygen atoms in total. The van der Waals surface area contributed by atoms with Gasteiger partial charge in [-0.25, -0.2) is 8.78 Å². The minimum absolute atomic E-state index is 0.0493. The first-order valence-electron chi connectivity index (χ1n) is 5.99. The van der Waals surface area contributed by atoms with Crippen molar-refractivity contribution >= 4 is 0 Å². The van der Waals surface area contributed by atoms with Crippen molar-refractivity contribution in [2.45, 2.75) is 45.5 Å². The highest BCUT2D eigenvalue weighted by molar-refractivity contribution is 5.06. The first-order chi connectivity index (χ1) is 6.91. The Labute approximate surface area is 90.6 Å². The van der Waals surface area contributed by atoms with Crippen LogP contribution in [0.3, 0.4) is 0 Å². The van der Waals surface area contributed by atoms with Crippen LogP contribution in [0.15, 0.2) is 0 Å². The predicted molar refractivity (Wildman–Crippen MR) is 57.0 cm³/mol. The first kappa shape index (κ1) is 11.3. The van der Waals surface area contributed by atoms with Gasteiger partial charge in [-0.05, 0) is 43.2 Å². The Morgan fingerprint density at radius 1 is 1.27 bits per heavy atom. The third kappa shape index (κ3) is 2.49. The van der Waals surface area contributed by atoms with Gasteiger partial charge in [0.25, 0.3) is 0 Å². The number of alkyl halides is 2. The molecule has 0 saturated heterocycles. The summed E-state index contributed by atoms with van der Waals surface area (Å²) in [6.07, 6.45) is 2.35.